The minimum absolute atomic E-state index is 0. The Bertz CT molecular complexity index is 62.3. The van der Waals surface area contributed by atoms with Gasteiger partial charge in [0.15, 0.2) is 0 Å². The Labute approximate surface area is 82.8 Å². The predicted octanol–water partition coefficient (Wildman–Crippen LogP) is 2.86. The molecule has 0 aromatic heterocycles. The van der Waals surface area contributed by atoms with Crippen LogP contribution in [0, 0.1) is 0 Å². The fraction of sp³-hybridized carbons (Fsp3) is 1.00. The average molecular weight is 215 g/mol. The van der Waals surface area contributed by atoms with E-state index in [1.165, 1.54) is 0 Å². The average Bonchev–Trinajstić information content (AvgIpc) is 1.63. The quantitative estimate of drug-likeness (QED) is 0.403. The largest absolute Gasteiger partial charge is 0.247 e. The van der Waals surface area contributed by atoms with E-state index in [1.54, 1.807) is 11.0 Å². The van der Waals surface area contributed by atoms with Crippen molar-refractivity contribution in [1.29, 1.82) is 0 Å². The zero-order chi connectivity index (χ0) is 7.28. The van der Waals surface area contributed by atoms with Crippen molar-refractivity contribution < 1.29 is 0 Å². The van der Waals surface area contributed by atoms with Crippen LogP contribution in [0.15, 0.2) is 0 Å². The lowest BCUT2D eigenvalue weighted by Gasteiger charge is -2.06. The third-order valence-electron chi connectivity index (χ3n) is 0.411. The molecular formula is C4H14BNS4. The van der Waals surface area contributed by atoms with Crippen LogP contribution in [0.5, 0.6) is 0 Å². The molecule has 0 aliphatic heterocycles. The van der Waals surface area contributed by atoms with Gasteiger partial charge in [0.2, 0.25) is 5.99 Å². The molecule has 1 nitrogen and oxygen atoms in total. The standard InChI is InChI=1S/C4H12BNS3.H2S/c1-5(2)7-9-8-6(3)4;/h1-4H3;1H2. The first-order chi connectivity index (χ1) is 4.13. The molecule has 0 N–H and O–H groups in total. The highest BCUT2D eigenvalue weighted by Gasteiger charge is 1.99. The summed E-state index contributed by atoms with van der Waals surface area (Å²) in [5.74, 6) is 0.724. The molecule has 10 heavy (non-hydrogen) atoms. The van der Waals surface area contributed by atoms with E-state index >= 15 is 0 Å². The lowest BCUT2D eigenvalue weighted by molar-refractivity contribution is 0.712. The van der Waals surface area contributed by atoms with Gasteiger partial charge in [0.1, 0.15) is 0 Å². The molecule has 0 amide bonds. The van der Waals surface area contributed by atoms with Gasteiger partial charge in [-0.05, 0) is 23.9 Å². The Morgan fingerprint density at radius 3 is 2.00 bits per heavy atom. The van der Waals surface area contributed by atoms with Crippen molar-refractivity contribution in [3.8, 4) is 0 Å². The molecule has 0 fully saturated rings. The second-order valence-corrected chi connectivity index (χ2v) is 6.91. The van der Waals surface area contributed by atoms with Crippen molar-refractivity contribution in [2.75, 3.05) is 14.1 Å². The SMILES string of the molecule is CB(C)SSSN(C)C.S. The molecule has 0 saturated carbocycles. The number of rotatable bonds is 4. The van der Waals surface area contributed by atoms with E-state index in [2.05, 4.69) is 32.0 Å². The van der Waals surface area contributed by atoms with Crippen molar-refractivity contribution in [1.82, 2.24) is 4.31 Å². The molecule has 62 valence electrons. The Hall–Kier alpha value is 1.42. The highest BCUT2D eigenvalue weighted by atomic mass is 33.5. The van der Waals surface area contributed by atoms with Crippen molar-refractivity contribution in [3.63, 3.8) is 0 Å². The Balaban J connectivity index is 0. The van der Waals surface area contributed by atoms with Crippen LogP contribution in [0.4, 0.5) is 0 Å². The summed E-state index contributed by atoms with van der Waals surface area (Å²) in [6.07, 6.45) is 0. The van der Waals surface area contributed by atoms with Gasteiger partial charge in [-0.1, -0.05) is 13.6 Å². The summed E-state index contributed by atoms with van der Waals surface area (Å²) in [7, 11) is 9.61. The first-order valence-corrected chi connectivity index (χ1v) is 6.30. The van der Waals surface area contributed by atoms with Gasteiger partial charge >= 0.3 is 0 Å². The van der Waals surface area contributed by atoms with Gasteiger partial charge in [-0.15, -0.1) is 10.6 Å². The Kier molecular flexibility index (Phi) is 11.9. The van der Waals surface area contributed by atoms with Crippen LogP contribution in [-0.4, -0.2) is 24.4 Å². The summed E-state index contributed by atoms with van der Waals surface area (Å²) in [6.45, 7) is 4.40. The maximum absolute atomic E-state index is 2.20. The normalized spacial score (nSPS) is 9.30. The highest BCUT2D eigenvalue weighted by Crippen LogP contribution is 2.36. The summed E-state index contributed by atoms with van der Waals surface area (Å²) < 4.78 is 2.10. The topological polar surface area (TPSA) is 3.24 Å². The van der Waals surface area contributed by atoms with Crippen LogP contribution in [0.2, 0.25) is 13.6 Å². The van der Waals surface area contributed by atoms with Crippen molar-refractivity contribution in [3.05, 3.63) is 0 Å². The first kappa shape index (κ1) is 14.0. The number of nitrogens with zero attached hydrogens (tertiary/aromatic N) is 1. The fourth-order valence-electron chi connectivity index (χ4n) is 0.157. The van der Waals surface area contributed by atoms with Gasteiger partial charge in [0.25, 0.3) is 0 Å². The van der Waals surface area contributed by atoms with Crippen molar-refractivity contribution >= 4 is 50.9 Å². The molecule has 0 unspecified atom stereocenters. The van der Waals surface area contributed by atoms with E-state index in [-0.39, 0.29) is 13.5 Å². The molecule has 0 aromatic rings. The van der Waals surface area contributed by atoms with E-state index in [0.29, 0.717) is 0 Å². The molecule has 0 spiro atoms. The van der Waals surface area contributed by atoms with Gasteiger partial charge in [-0.2, -0.15) is 13.5 Å². The van der Waals surface area contributed by atoms with Gasteiger partial charge in [-0.25, -0.2) is 4.31 Å². The van der Waals surface area contributed by atoms with E-state index in [0.717, 1.165) is 5.99 Å². The molecule has 0 saturated heterocycles. The molecule has 0 aliphatic rings. The lowest BCUT2D eigenvalue weighted by atomic mass is 9.84. The van der Waals surface area contributed by atoms with Crippen LogP contribution in [0.1, 0.15) is 0 Å². The van der Waals surface area contributed by atoms with Gasteiger partial charge in [0.05, 0.1) is 0 Å². The highest BCUT2D eigenvalue weighted by molar-refractivity contribution is 9.13. The molecule has 0 atom stereocenters. The van der Waals surface area contributed by atoms with Crippen molar-refractivity contribution in [2.24, 2.45) is 0 Å². The second-order valence-electron chi connectivity index (χ2n) is 2.10. The molecule has 0 radical (unpaired) electrons. The lowest BCUT2D eigenvalue weighted by Crippen LogP contribution is -1.96. The van der Waals surface area contributed by atoms with Crippen LogP contribution in [-0.2, 0) is 0 Å². The van der Waals surface area contributed by atoms with Crippen LogP contribution >= 0.6 is 44.9 Å². The summed E-state index contributed by atoms with van der Waals surface area (Å²) in [6, 6.07) is 0. The van der Waals surface area contributed by atoms with E-state index in [9.17, 15) is 0 Å². The third kappa shape index (κ3) is 12.1. The summed E-state index contributed by atoms with van der Waals surface area (Å²) in [4.78, 5) is 0. The molecule has 0 heterocycles. The molecule has 0 rings (SSSR count). The minimum Gasteiger partial charge on any atom is -0.247 e. The fourth-order valence-corrected chi connectivity index (χ4v) is 4.24. The summed E-state index contributed by atoms with van der Waals surface area (Å²) in [5.41, 5.74) is 0. The smallest absolute Gasteiger partial charge is 0.218 e. The van der Waals surface area contributed by atoms with E-state index in [4.69, 9.17) is 0 Å². The predicted molar refractivity (Wildman–Crippen MR) is 64.3 cm³/mol. The monoisotopic (exact) mass is 215 g/mol. The van der Waals surface area contributed by atoms with Gasteiger partial charge in [0, 0.05) is 11.0 Å². The van der Waals surface area contributed by atoms with Crippen LogP contribution in [0.25, 0.3) is 0 Å². The molecule has 0 bridgehead atoms. The van der Waals surface area contributed by atoms with E-state index < -0.39 is 0 Å². The zero-order valence-electron chi connectivity index (χ0n) is 6.75. The summed E-state index contributed by atoms with van der Waals surface area (Å²) >= 11 is 0. The molecular weight excluding hydrogens is 201 g/mol. The Morgan fingerprint density at radius 2 is 1.70 bits per heavy atom. The number of hydrogen-bond acceptors (Lipinski definition) is 4. The van der Waals surface area contributed by atoms with Crippen LogP contribution in [0.3, 0.4) is 0 Å². The second kappa shape index (κ2) is 8.52. The Morgan fingerprint density at radius 1 is 1.20 bits per heavy atom. The minimum atomic E-state index is 0. The van der Waals surface area contributed by atoms with Gasteiger partial charge < -0.3 is 0 Å². The van der Waals surface area contributed by atoms with Gasteiger partial charge in [-0.3, -0.25) is 0 Å². The number of hydrogen-bond donors (Lipinski definition) is 0. The zero-order valence-corrected chi connectivity index (χ0v) is 10.2. The maximum atomic E-state index is 2.20. The summed E-state index contributed by atoms with van der Waals surface area (Å²) in [5, 5.41) is 0. The molecule has 6 heteroatoms. The van der Waals surface area contributed by atoms with Crippen LogP contribution < -0.4 is 0 Å². The maximum Gasteiger partial charge on any atom is 0.218 e. The first-order valence-electron chi connectivity index (χ1n) is 2.80. The molecule has 0 aromatic carbocycles. The molecule has 0 aliphatic carbocycles. The van der Waals surface area contributed by atoms with Crippen molar-refractivity contribution in [2.45, 2.75) is 13.6 Å². The third-order valence-corrected chi connectivity index (χ3v) is 4.96. The van der Waals surface area contributed by atoms with E-state index in [1.807, 2.05) is 20.5 Å².